The lowest BCUT2D eigenvalue weighted by Gasteiger charge is -2.35. The summed E-state index contributed by atoms with van der Waals surface area (Å²) in [5, 5.41) is 0.381. The minimum Gasteiger partial charge on any atom is -0.466 e. The van der Waals surface area contributed by atoms with E-state index in [2.05, 4.69) is 59.5 Å². The van der Waals surface area contributed by atoms with Gasteiger partial charge < -0.3 is 24.1 Å². The van der Waals surface area contributed by atoms with Gasteiger partial charge in [0.1, 0.15) is 13.5 Å². The number of carbonyl (C=O) groups excluding carboxylic acids is 4. The van der Waals surface area contributed by atoms with Crippen molar-refractivity contribution in [2.75, 3.05) is 45.9 Å². The number of unbranched alkanes of at least 4 members (excludes halogenated alkanes) is 36. The van der Waals surface area contributed by atoms with Crippen LogP contribution in [0.5, 0.6) is 0 Å². The summed E-state index contributed by atoms with van der Waals surface area (Å²) in [5.74, 6) is -0.101. The number of hydrogen-bond donors (Lipinski definition) is 0. The summed E-state index contributed by atoms with van der Waals surface area (Å²) in [7, 11) is -2.14. The second-order valence-corrected chi connectivity index (χ2v) is 30.1. The minimum absolute atomic E-state index is 0.0147. The topological polar surface area (TPSA) is 93.2 Å². The zero-order valence-corrected chi connectivity index (χ0v) is 52.8. The van der Waals surface area contributed by atoms with Crippen LogP contribution in [0.25, 0.3) is 0 Å². The average molecular weight is 1080 g/mol. The third-order valence-electron chi connectivity index (χ3n) is 16.7. The molecule has 1 amide bonds. The Labute approximate surface area is 468 Å². The average Bonchev–Trinajstić information content (AvgIpc) is 3.38. The lowest BCUT2D eigenvalue weighted by molar-refractivity contribution is -0.145. The molecule has 0 bridgehead atoms. The summed E-state index contributed by atoms with van der Waals surface area (Å²) >= 11 is 0. The SMILES string of the molecule is CCCCCCCCCCCCCCCCCCCCCCCC(=O)N(CCCC(=O)OCCCCCCCCCCC)CCCN(CCCC(=O)OCCCCCCCCCCC)CCC(=O)[Si](C)(C)C(C)(C)C. The third kappa shape index (κ3) is 46.8. The van der Waals surface area contributed by atoms with Crippen molar-refractivity contribution < 1.29 is 28.7 Å². The van der Waals surface area contributed by atoms with Crippen LogP contribution in [0.4, 0.5) is 0 Å². The van der Waals surface area contributed by atoms with Gasteiger partial charge in [-0.25, -0.2) is 0 Å². The Morgan fingerprint density at radius 3 is 0.973 bits per heavy atom. The summed E-state index contributed by atoms with van der Waals surface area (Å²) in [4.78, 5) is 57.4. The quantitative estimate of drug-likeness (QED) is 0.0340. The van der Waals surface area contributed by atoms with Gasteiger partial charge in [0.05, 0.1) is 13.2 Å². The molecule has 0 heterocycles. The van der Waals surface area contributed by atoms with Crippen LogP contribution in [0, 0.1) is 0 Å². The Morgan fingerprint density at radius 1 is 0.333 bits per heavy atom. The first-order chi connectivity index (χ1) is 36.3. The molecule has 0 saturated carbocycles. The Morgan fingerprint density at radius 2 is 0.627 bits per heavy atom. The third-order valence-corrected chi connectivity index (χ3v) is 22.1. The lowest BCUT2D eigenvalue weighted by Crippen LogP contribution is -2.47. The Bertz CT molecular complexity index is 1300. The van der Waals surface area contributed by atoms with Crippen LogP contribution >= 0.6 is 0 Å². The number of amides is 1. The first-order valence-corrected chi connectivity index (χ1v) is 36.1. The van der Waals surface area contributed by atoms with Crippen LogP contribution in [0.15, 0.2) is 0 Å². The van der Waals surface area contributed by atoms with Gasteiger partial charge in [-0.05, 0) is 56.7 Å². The van der Waals surface area contributed by atoms with Gasteiger partial charge in [-0.3, -0.25) is 14.4 Å². The molecule has 0 rings (SSSR count). The van der Waals surface area contributed by atoms with Crippen LogP contribution in [0.1, 0.15) is 337 Å². The van der Waals surface area contributed by atoms with E-state index in [4.69, 9.17) is 9.47 Å². The minimum atomic E-state index is -2.14. The molecule has 0 radical (unpaired) electrons. The van der Waals surface area contributed by atoms with E-state index < -0.39 is 8.07 Å². The van der Waals surface area contributed by atoms with Crippen molar-refractivity contribution in [3.63, 3.8) is 0 Å². The van der Waals surface area contributed by atoms with Gasteiger partial charge in [0.2, 0.25) is 5.91 Å². The molecule has 0 aliphatic carbocycles. The van der Waals surface area contributed by atoms with Gasteiger partial charge in [0.15, 0.2) is 0 Å². The maximum absolute atomic E-state index is 13.8. The predicted octanol–water partition coefficient (Wildman–Crippen LogP) is 19.8. The summed E-state index contributed by atoms with van der Waals surface area (Å²) < 4.78 is 11.3. The molecule has 9 heteroatoms. The Hall–Kier alpha value is -1.74. The zero-order valence-electron chi connectivity index (χ0n) is 51.8. The Kier molecular flexibility index (Phi) is 51.7. The molecule has 0 spiro atoms. The van der Waals surface area contributed by atoms with Crippen molar-refractivity contribution in [1.29, 1.82) is 0 Å². The first-order valence-electron chi connectivity index (χ1n) is 33.1. The number of carbonyl (C=O) groups is 4. The maximum Gasteiger partial charge on any atom is 0.305 e. The van der Waals surface area contributed by atoms with Gasteiger partial charge in [0, 0.05) is 45.3 Å². The smallest absolute Gasteiger partial charge is 0.305 e. The maximum atomic E-state index is 13.8. The van der Waals surface area contributed by atoms with Gasteiger partial charge in [-0.15, -0.1) is 0 Å². The van der Waals surface area contributed by atoms with Crippen LogP contribution < -0.4 is 0 Å². The highest BCUT2D eigenvalue weighted by molar-refractivity contribution is 7.06. The molecule has 0 aliphatic heterocycles. The molecule has 0 saturated heterocycles. The summed E-state index contributed by atoms with van der Waals surface area (Å²) in [5.41, 5.74) is 0. The number of esters is 2. The van der Waals surface area contributed by atoms with E-state index in [1.807, 2.05) is 4.90 Å². The fourth-order valence-electron chi connectivity index (χ4n) is 10.2. The molecular weight excluding hydrogens is 945 g/mol. The van der Waals surface area contributed by atoms with E-state index >= 15 is 0 Å². The highest BCUT2D eigenvalue weighted by Crippen LogP contribution is 2.37. The van der Waals surface area contributed by atoms with Crippen molar-refractivity contribution in [2.45, 2.75) is 355 Å². The van der Waals surface area contributed by atoms with Crippen LogP contribution in [0.2, 0.25) is 18.1 Å². The molecule has 0 atom stereocenters. The van der Waals surface area contributed by atoms with Crippen LogP contribution in [-0.4, -0.2) is 87.1 Å². The lowest BCUT2D eigenvalue weighted by atomic mass is 10.0. The van der Waals surface area contributed by atoms with Crippen LogP contribution in [0.3, 0.4) is 0 Å². The molecule has 0 fully saturated rings. The molecule has 0 aliphatic rings. The number of ether oxygens (including phenoxy) is 2. The largest absolute Gasteiger partial charge is 0.466 e. The van der Waals surface area contributed by atoms with Crippen molar-refractivity contribution in [1.82, 2.24) is 9.80 Å². The standard InChI is InChI=1S/C66H130N2O6Si/c1-9-12-15-18-21-24-25-26-27-28-29-30-31-32-33-34-35-36-39-42-45-51-62(69)68(57-49-53-64(71)74-61-47-44-41-38-23-20-17-14-11-3)58-50-56-67(59-54-65(72)75(7,8)66(4,5)6)55-48-52-63(70)73-60-46-43-40-37-22-19-16-13-10-2/h9-61H2,1-8H3. The molecule has 0 aromatic rings. The highest BCUT2D eigenvalue weighted by atomic mass is 28.3. The molecular formula is C66H130N2O6Si. The number of rotatable bonds is 58. The molecule has 0 N–H and O–H groups in total. The molecule has 75 heavy (non-hydrogen) atoms. The highest BCUT2D eigenvalue weighted by Gasteiger charge is 2.41. The Balaban J connectivity index is 5.05. The van der Waals surface area contributed by atoms with Gasteiger partial charge in [-0.2, -0.15) is 0 Å². The van der Waals surface area contributed by atoms with Crippen molar-refractivity contribution in [2.24, 2.45) is 0 Å². The van der Waals surface area contributed by atoms with Gasteiger partial charge in [0.25, 0.3) is 0 Å². The zero-order chi connectivity index (χ0) is 55.4. The molecule has 0 aromatic carbocycles. The van der Waals surface area contributed by atoms with Gasteiger partial charge >= 0.3 is 11.9 Å². The molecule has 0 aromatic heterocycles. The second-order valence-electron chi connectivity index (χ2n) is 24.8. The molecule has 8 nitrogen and oxygen atoms in total. The van der Waals surface area contributed by atoms with E-state index in [1.165, 1.54) is 212 Å². The molecule has 444 valence electrons. The van der Waals surface area contributed by atoms with E-state index in [1.54, 1.807) is 0 Å². The van der Waals surface area contributed by atoms with E-state index in [9.17, 15) is 19.2 Å². The van der Waals surface area contributed by atoms with E-state index in [-0.39, 0.29) is 22.9 Å². The fraction of sp³-hybridized carbons (Fsp3) is 0.939. The molecule has 0 unspecified atom stereocenters. The van der Waals surface area contributed by atoms with E-state index in [0.717, 1.165) is 58.0 Å². The monoisotopic (exact) mass is 1070 g/mol. The summed E-state index contributed by atoms with van der Waals surface area (Å²) in [6, 6.07) is 0. The fourth-order valence-corrected chi connectivity index (χ4v) is 11.8. The summed E-state index contributed by atoms with van der Waals surface area (Å²) in [6.45, 7) is 22.1. The second kappa shape index (κ2) is 52.9. The van der Waals surface area contributed by atoms with E-state index in [0.29, 0.717) is 76.8 Å². The van der Waals surface area contributed by atoms with Crippen molar-refractivity contribution in [3.8, 4) is 0 Å². The first kappa shape index (κ1) is 73.3. The van der Waals surface area contributed by atoms with Crippen molar-refractivity contribution in [3.05, 3.63) is 0 Å². The van der Waals surface area contributed by atoms with Crippen molar-refractivity contribution >= 4 is 31.3 Å². The number of nitrogens with zero attached hydrogens (tertiary/aromatic N) is 2. The van der Waals surface area contributed by atoms with Crippen LogP contribution in [-0.2, 0) is 28.7 Å². The number of hydrogen-bond acceptors (Lipinski definition) is 7. The summed E-state index contributed by atoms with van der Waals surface area (Å²) in [6.07, 6.45) is 54.3. The predicted molar refractivity (Wildman–Crippen MR) is 327 cm³/mol. The normalized spacial score (nSPS) is 12.0. The van der Waals surface area contributed by atoms with Gasteiger partial charge in [-0.1, -0.05) is 286 Å².